The molecule has 0 bridgehead atoms. The van der Waals surface area contributed by atoms with Crippen LogP contribution < -0.4 is 5.32 Å². The van der Waals surface area contributed by atoms with E-state index in [0.29, 0.717) is 0 Å². The minimum Gasteiger partial charge on any atom is -0.357 e. The number of anilines is 1. The van der Waals surface area contributed by atoms with Crippen molar-refractivity contribution < 1.29 is 18.0 Å². The summed E-state index contributed by atoms with van der Waals surface area (Å²) < 4.78 is 40.8. The van der Waals surface area contributed by atoms with Gasteiger partial charge in [0.1, 0.15) is 0 Å². The summed E-state index contributed by atoms with van der Waals surface area (Å²) in [6, 6.07) is 3.48. The Morgan fingerprint density at radius 1 is 1.21 bits per heavy atom. The van der Waals surface area contributed by atoms with E-state index in [2.05, 4.69) is 5.32 Å². The van der Waals surface area contributed by atoms with Gasteiger partial charge in [0.05, 0.1) is 12.1 Å². The van der Waals surface area contributed by atoms with Crippen LogP contribution in [-0.2, 0) is 18.3 Å². The van der Waals surface area contributed by atoms with Crippen molar-refractivity contribution in [1.82, 2.24) is 4.57 Å². The number of halogens is 3. The highest BCUT2D eigenvalue weighted by atomic mass is 19.2. The van der Waals surface area contributed by atoms with Gasteiger partial charge in [-0.05, 0) is 23.8 Å². The summed E-state index contributed by atoms with van der Waals surface area (Å²) in [5, 5.41) is 2.21. The van der Waals surface area contributed by atoms with Gasteiger partial charge in [0.25, 0.3) is 0 Å². The molecule has 2 aromatic rings. The third kappa shape index (κ3) is 2.96. The second kappa shape index (κ2) is 5.17. The van der Waals surface area contributed by atoms with Gasteiger partial charge in [0.15, 0.2) is 17.5 Å². The molecule has 0 fully saturated rings. The number of hydrogen-bond donors (Lipinski definition) is 1. The number of aryl methyl sites for hydroxylation is 1. The Hall–Kier alpha value is -2.24. The molecule has 2 rings (SSSR count). The SMILES string of the molecule is Cn1ccc(CC(=O)Nc2ccc(F)c(F)c2F)c1. The lowest BCUT2D eigenvalue weighted by atomic mass is 10.2. The maximum atomic E-state index is 13.3. The molecule has 0 radical (unpaired) electrons. The van der Waals surface area contributed by atoms with Gasteiger partial charge in [-0.25, -0.2) is 13.2 Å². The second-order valence-corrected chi connectivity index (χ2v) is 4.13. The summed E-state index contributed by atoms with van der Waals surface area (Å²) in [7, 11) is 1.80. The molecular formula is C13H11F3N2O. The van der Waals surface area contributed by atoms with Crippen LogP contribution in [0.3, 0.4) is 0 Å². The van der Waals surface area contributed by atoms with Crippen molar-refractivity contribution in [2.24, 2.45) is 7.05 Å². The van der Waals surface area contributed by atoms with Gasteiger partial charge in [-0.15, -0.1) is 0 Å². The first-order chi connectivity index (χ1) is 8.97. The van der Waals surface area contributed by atoms with Crippen molar-refractivity contribution >= 4 is 11.6 Å². The average molecular weight is 268 g/mol. The van der Waals surface area contributed by atoms with Crippen molar-refractivity contribution in [1.29, 1.82) is 0 Å². The number of hydrogen-bond acceptors (Lipinski definition) is 1. The van der Waals surface area contributed by atoms with Crippen LogP contribution in [0.5, 0.6) is 0 Å². The van der Waals surface area contributed by atoms with Gasteiger partial charge < -0.3 is 9.88 Å². The monoisotopic (exact) mass is 268 g/mol. The molecule has 1 amide bonds. The molecular weight excluding hydrogens is 257 g/mol. The fourth-order valence-electron chi connectivity index (χ4n) is 1.67. The van der Waals surface area contributed by atoms with Crippen LogP contribution >= 0.6 is 0 Å². The molecule has 0 unspecified atom stereocenters. The lowest BCUT2D eigenvalue weighted by molar-refractivity contribution is -0.115. The van der Waals surface area contributed by atoms with Crippen LogP contribution in [0.2, 0.25) is 0 Å². The Bertz CT molecular complexity index is 622. The second-order valence-electron chi connectivity index (χ2n) is 4.13. The molecule has 0 atom stereocenters. The highest BCUT2D eigenvalue weighted by Gasteiger charge is 2.15. The Labute approximate surface area is 107 Å². The van der Waals surface area contributed by atoms with Gasteiger partial charge in [-0.1, -0.05) is 0 Å². The highest BCUT2D eigenvalue weighted by molar-refractivity contribution is 5.92. The van der Waals surface area contributed by atoms with Gasteiger partial charge in [-0.2, -0.15) is 0 Å². The third-order valence-electron chi connectivity index (χ3n) is 2.57. The Morgan fingerprint density at radius 3 is 2.58 bits per heavy atom. The molecule has 0 saturated carbocycles. The van der Waals surface area contributed by atoms with Gasteiger partial charge >= 0.3 is 0 Å². The summed E-state index contributed by atoms with van der Waals surface area (Å²) in [6.07, 6.45) is 3.53. The van der Waals surface area contributed by atoms with Crippen molar-refractivity contribution in [2.75, 3.05) is 5.32 Å². The molecule has 3 nitrogen and oxygen atoms in total. The van der Waals surface area contributed by atoms with Gasteiger partial charge in [-0.3, -0.25) is 4.79 Å². The van der Waals surface area contributed by atoms with E-state index in [0.717, 1.165) is 17.7 Å². The standard InChI is InChI=1S/C13H11F3N2O/c1-18-5-4-8(7-18)6-11(19)17-10-3-2-9(14)12(15)13(10)16/h2-5,7H,6H2,1H3,(H,17,19). The third-order valence-corrected chi connectivity index (χ3v) is 2.57. The quantitative estimate of drug-likeness (QED) is 0.853. The summed E-state index contributed by atoms with van der Waals surface area (Å²) in [5.41, 5.74) is 0.364. The molecule has 0 aliphatic rings. The molecule has 6 heteroatoms. The van der Waals surface area contributed by atoms with Crippen molar-refractivity contribution in [3.63, 3.8) is 0 Å². The van der Waals surface area contributed by atoms with Crippen LogP contribution in [-0.4, -0.2) is 10.5 Å². The molecule has 1 aromatic heterocycles. The first-order valence-electron chi connectivity index (χ1n) is 5.51. The topological polar surface area (TPSA) is 34.0 Å². The maximum Gasteiger partial charge on any atom is 0.228 e. The Morgan fingerprint density at radius 2 is 1.95 bits per heavy atom. The molecule has 1 heterocycles. The number of amides is 1. The summed E-state index contributed by atoms with van der Waals surface area (Å²) in [5.74, 6) is -4.80. The molecule has 0 aliphatic carbocycles. The fourth-order valence-corrected chi connectivity index (χ4v) is 1.67. The number of nitrogens with one attached hydrogen (secondary N) is 1. The molecule has 19 heavy (non-hydrogen) atoms. The molecule has 1 aromatic carbocycles. The first kappa shape index (κ1) is 13.2. The highest BCUT2D eigenvalue weighted by Crippen LogP contribution is 2.19. The lowest BCUT2D eigenvalue weighted by Gasteiger charge is -2.06. The van der Waals surface area contributed by atoms with E-state index in [1.165, 1.54) is 0 Å². The molecule has 0 aliphatic heterocycles. The summed E-state index contributed by atoms with van der Waals surface area (Å²) in [4.78, 5) is 11.6. The number of rotatable bonds is 3. The minimum atomic E-state index is -1.60. The van der Waals surface area contributed by atoms with E-state index in [9.17, 15) is 18.0 Å². The van der Waals surface area contributed by atoms with Gasteiger partial charge in [0, 0.05) is 19.4 Å². The molecule has 0 saturated heterocycles. The van der Waals surface area contributed by atoms with E-state index in [1.807, 2.05) is 0 Å². The maximum absolute atomic E-state index is 13.3. The van der Waals surface area contributed by atoms with Crippen LogP contribution in [0.4, 0.5) is 18.9 Å². The number of aromatic nitrogens is 1. The minimum absolute atomic E-state index is 0.0271. The zero-order chi connectivity index (χ0) is 14.0. The van der Waals surface area contributed by atoms with E-state index < -0.39 is 23.4 Å². The molecule has 1 N–H and O–H groups in total. The van der Waals surface area contributed by atoms with E-state index in [4.69, 9.17) is 0 Å². The largest absolute Gasteiger partial charge is 0.357 e. The van der Waals surface area contributed by atoms with Crippen molar-refractivity contribution in [3.05, 3.63) is 53.6 Å². The van der Waals surface area contributed by atoms with Crippen LogP contribution in [0.25, 0.3) is 0 Å². The summed E-state index contributed by atoms with van der Waals surface area (Å²) in [6.45, 7) is 0. The number of nitrogens with zero attached hydrogens (tertiary/aromatic N) is 1. The number of carbonyl (C=O) groups is 1. The predicted molar refractivity (Wildman–Crippen MR) is 64.1 cm³/mol. The van der Waals surface area contributed by atoms with Gasteiger partial charge in [0.2, 0.25) is 5.91 Å². The van der Waals surface area contributed by atoms with E-state index in [1.54, 1.807) is 30.1 Å². The Balaban J connectivity index is 2.09. The fraction of sp³-hybridized carbons (Fsp3) is 0.154. The normalized spacial score (nSPS) is 10.5. The average Bonchev–Trinajstić information content (AvgIpc) is 2.75. The number of carbonyl (C=O) groups excluding carboxylic acids is 1. The van der Waals surface area contributed by atoms with Crippen LogP contribution in [0.1, 0.15) is 5.56 Å². The smallest absolute Gasteiger partial charge is 0.228 e. The van der Waals surface area contributed by atoms with Crippen LogP contribution in [0, 0.1) is 17.5 Å². The molecule has 100 valence electrons. The Kier molecular flexibility index (Phi) is 3.59. The zero-order valence-electron chi connectivity index (χ0n) is 10.1. The molecule has 0 spiro atoms. The number of benzene rings is 1. The predicted octanol–water partition coefficient (Wildman–Crippen LogP) is 2.62. The zero-order valence-corrected chi connectivity index (χ0v) is 10.1. The first-order valence-corrected chi connectivity index (χ1v) is 5.51. The van der Waals surface area contributed by atoms with E-state index in [-0.39, 0.29) is 12.1 Å². The van der Waals surface area contributed by atoms with Crippen molar-refractivity contribution in [3.8, 4) is 0 Å². The van der Waals surface area contributed by atoms with Crippen molar-refractivity contribution in [2.45, 2.75) is 6.42 Å². The summed E-state index contributed by atoms with van der Waals surface area (Å²) >= 11 is 0. The van der Waals surface area contributed by atoms with Crippen LogP contribution in [0.15, 0.2) is 30.6 Å². The van der Waals surface area contributed by atoms with E-state index >= 15 is 0 Å². The lowest BCUT2D eigenvalue weighted by Crippen LogP contribution is -2.15.